The highest BCUT2D eigenvalue weighted by Gasteiger charge is 2.41. The molecule has 0 saturated carbocycles. The highest BCUT2D eigenvalue weighted by molar-refractivity contribution is 5.85. The van der Waals surface area contributed by atoms with E-state index >= 15 is 0 Å². The largest absolute Gasteiger partial charge is 0.399 e. The van der Waals surface area contributed by atoms with Crippen LogP contribution in [0, 0.1) is 5.92 Å². The van der Waals surface area contributed by atoms with Gasteiger partial charge in [0.25, 0.3) is 0 Å². The van der Waals surface area contributed by atoms with Gasteiger partial charge in [0.1, 0.15) is 0 Å². The van der Waals surface area contributed by atoms with Crippen LogP contribution in [0.2, 0.25) is 0 Å². The third-order valence-electron chi connectivity index (χ3n) is 3.33. The van der Waals surface area contributed by atoms with Crippen LogP contribution in [-0.2, 0) is 6.54 Å². The molecule has 108 valence electrons. The summed E-state index contributed by atoms with van der Waals surface area (Å²) in [7, 11) is 0. The van der Waals surface area contributed by atoms with Gasteiger partial charge in [0.05, 0.1) is 5.92 Å². The van der Waals surface area contributed by atoms with Gasteiger partial charge in [-0.1, -0.05) is 12.1 Å². The summed E-state index contributed by atoms with van der Waals surface area (Å²) < 4.78 is 38.0. The molecule has 0 spiro atoms. The van der Waals surface area contributed by atoms with Crippen molar-refractivity contribution in [3.05, 3.63) is 29.8 Å². The molecule has 2 rings (SSSR count). The lowest BCUT2D eigenvalue weighted by atomic mass is 9.97. The first-order chi connectivity index (χ1) is 8.45. The number of hydrogen-bond donors (Lipinski definition) is 1. The number of nitrogens with two attached hydrogens (primary N) is 1. The number of alkyl halides is 3. The number of likely N-dealkylation sites (tertiary alicyclic amines) is 1. The van der Waals surface area contributed by atoms with Gasteiger partial charge in [-0.25, -0.2) is 0 Å². The lowest BCUT2D eigenvalue weighted by Crippen LogP contribution is -2.41. The molecule has 0 radical (unpaired) electrons. The van der Waals surface area contributed by atoms with Gasteiger partial charge in [-0.15, -0.1) is 12.4 Å². The van der Waals surface area contributed by atoms with Crippen molar-refractivity contribution < 1.29 is 13.2 Å². The average molecular weight is 295 g/mol. The monoisotopic (exact) mass is 294 g/mol. The number of halogens is 4. The Balaban J connectivity index is 0.00000180. The number of rotatable bonds is 2. The van der Waals surface area contributed by atoms with Crippen LogP contribution in [0.25, 0.3) is 0 Å². The molecule has 0 aliphatic carbocycles. The van der Waals surface area contributed by atoms with E-state index in [9.17, 15) is 13.2 Å². The minimum absolute atomic E-state index is 0. The molecule has 1 unspecified atom stereocenters. The van der Waals surface area contributed by atoms with Gasteiger partial charge in [-0.05, 0) is 37.1 Å². The first-order valence-electron chi connectivity index (χ1n) is 6.08. The summed E-state index contributed by atoms with van der Waals surface area (Å²) in [5, 5.41) is 0. The van der Waals surface area contributed by atoms with Crippen molar-refractivity contribution in [2.24, 2.45) is 5.92 Å². The van der Waals surface area contributed by atoms with Crippen molar-refractivity contribution in [3.8, 4) is 0 Å². The van der Waals surface area contributed by atoms with Crippen molar-refractivity contribution in [2.45, 2.75) is 25.6 Å². The summed E-state index contributed by atoms with van der Waals surface area (Å²) in [6.07, 6.45) is -3.22. The van der Waals surface area contributed by atoms with Crippen LogP contribution >= 0.6 is 12.4 Å². The average Bonchev–Trinajstić information content (AvgIpc) is 2.28. The summed E-state index contributed by atoms with van der Waals surface area (Å²) in [5.74, 6) is -1.19. The van der Waals surface area contributed by atoms with Gasteiger partial charge < -0.3 is 5.73 Å². The molecule has 2 nitrogen and oxygen atoms in total. The fourth-order valence-electron chi connectivity index (χ4n) is 2.42. The van der Waals surface area contributed by atoms with Gasteiger partial charge in [0.2, 0.25) is 0 Å². The van der Waals surface area contributed by atoms with Crippen molar-refractivity contribution >= 4 is 18.1 Å². The smallest absolute Gasteiger partial charge is 0.393 e. The van der Waals surface area contributed by atoms with E-state index < -0.39 is 12.1 Å². The molecule has 0 aromatic heterocycles. The number of nitrogen functional groups attached to an aromatic ring is 1. The van der Waals surface area contributed by atoms with Gasteiger partial charge in [-0.2, -0.15) is 13.2 Å². The van der Waals surface area contributed by atoms with Crippen LogP contribution in [0.1, 0.15) is 18.4 Å². The Kier molecular flexibility index (Phi) is 5.50. The van der Waals surface area contributed by atoms with Crippen LogP contribution in [-0.4, -0.2) is 24.2 Å². The van der Waals surface area contributed by atoms with Crippen LogP contribution in [0.3, 0.4) is 0 Å². The molecule has 1 heterocycles. The number of hydrogen-bond acceptors (Lipinski definition) is 2. The molecule has 1 aromatic carbocycles. The van der Waals surface area contributed by atoms with Gasteiger partial charge >= 0.3 is 6.18 Å². The molecular weight excluding hydrogens is 277 g/mol. The first-order valence-corrected chi connectivity index (χ1v) is 6.08. The fraction of sp³-hybridized carbons (Fsp3) is 0.538. The summed E-state index contributed by atoms with van der Waals surface area (Å²) in [6.45, 7) is 1.36. The van der Waals surface area contributed by atoms with Gasteiger partial charge in [0.15, 0.2) is 0 Å². The molecule has 0 bridgehead atoms. The Morgan fingerprint density at radius 3 is 2.68 bits per heavy atom. The van der Waals surface area contributed by atoms with E-state index in [2.05, 4.69) is 0 Å². The molecule has 1 atom stereocenters. The Labute approximate surface area is 117 Å². The number of benzene rings is 1. The molecule has 1 aromatic rings. The molecule has 2 N–H and O–H groups in total. The Bertz CT molecular complexity index is 409. The normalized spacial score (nSPS) is 20.9. The van der Waals surface area contributed by atoms with Crippen molar-refractivity contribution in [1.82, 2.24) is 4.90 Å². The SMILES string of the molecule is Cl.Nc1cccc(CN2CCCC(C(F)(F)F)C2)c1. The number of anilines is 1. The minimum Gasteiger partial charge on any atom is -0.399 e. The lowest BCUT2D eigenvalue weighted by Gasteiger charge is -2.33. The summed E-state index contributed by atoms with van der Waals surface area (Å²) in [4.78, 5) is 1.86. The maximum atomic E-state index is 12.7. The van der Waals surface area contributed by atoms with Crippen LogP contribution in [0.15, 0.2) is 24.3 Å². The standard InChI is InChI=1S/C13H17F3N2.ClH/c14-13(15,16)11-4-2-6-18(9-11)8-10-3-1-5-12(17)7-10;/h1,3,5,7,11H,2,4,6,8-9,17H2;1H. The Hall–Kier alpha value is -0.940. The van der Waals surface area contributed by atoms with Crippen molar-refractivity contribution in [3.63, 3.8) is 0 Å². The molecule has 1 fully saturated rings. The zero-order chi connectivity index (χ0) is 13.2. The molecule has 19 heavy (non-hydrogen) atoms. The van der Waals surface area contributed by atoms with E-state index in [0.29, 0.717) is 18.7 Å². The van der Waals surface area contributed by atoms with E-state index in [4.69, 9.17) is 5.73 Å². The Morgan fingerprint density at radius 1 is 1.32 bits per heavy atom. The molecule has 1 aliphatic rings. The highest BCUT2D eigenvalue weighted by Crippen LogP contribution is 2.33. The fourth-order valence-corrected chi connectivity index (χ4v) is 2.42. The van der Waals surface area contributed by atoms with E-state index in [0.717, 1.165) is 12.1 Å². The van der Waals surface area contributed by atoms with E-state index in [1.165, 1.54) is 0 Å². The lowest BCUT2D eigenvalue weighted by molar-refractivity contribution is -0.187. The predicted octanol–water partition coefficient (Wildman–Crippen LogP) is 3.46. The molecular formula is C13H18ClF3N2. The minimum atomic E-state index is -4.08. The summed E-state index contributed by atoms with van der Waals surface area (Å²) in [6, 6.07) is 7.32. The van der Waals surface area contributed by atoms with Crippen LogP contribution < -0.4 is 5.73 Å². The second kappa shape index (κ2) is 6.48. The third-order valence-corrected chi connectivity index (χ3v) is 3.33. The van der Waals surface area contributed by atoms with Crippen LogP contribution in [0.5, 0.6) is 0 Å². The number of nitrogens with zero attached hydrogens (tertiary/aromatic N) is 1. The summed E-state index contributed by atoms with van der Waals surface area (Å²) in [5.41, 5.74) is 7.28. The predicted molar refractivity (Wildman–Crippen MR) is 72.2 cm³/mol. The maximum Gasteiger partial charge on any atom is 0.393 e. The second-order valence-electron chi connectivity index (χ2n) is 4.86. The maximum absolute atomic E-state index is 12.7. The molecule has 1 aliphatic heterocycles. The second-order valence-corrected chi connectivity index (χ2v) is 4.86. The van der Waals surface area contributed by atoms with E-state index in [-0.39, 0.29) is 25.4 Å². The highest BCUT2D eigenvalue weighted by atomic mass is 35.5. The topological polar surface area (TPSA) is 29.3 Å². The first kappa shape index (κ1) is 16.1. The third kappa shape index (κ3) is 4.58. The van der Waals surface area contributed by atoms with E-state index in [1.807, 2.05) is 23.1 Å². The molecule has 1 saturated heterocycles. The van der Waals surface area contributed by atoms with Crippen molar-refractivity contribution in [2.75, 3.05) is 18.8 Å². The quantitative estimate of drug-likeness (QED) is 0.846. The van der Waals surface area contributed by atoms with Gasteiger partial charge in [0, 0.05) is 18.8 Å². The zero-order valence-electron chi connectivity index (χ0n) is 10.5. The number of piperidine rings is 1. The summed E-state index contributed by atoms with van der Waals surface area (Å²) >= 11 is 0. The molecule has 6 heteroatoms. The van der Waals surface area contributed by atoms with Crippen LogP contribution in [0.4, 0.5) is 18.9 Å². The van der Waals surface area contributed by atoms with Gasteiger partial charge in [-0.3, -0.25) is 4.90 Å². The Morgan fingerprint density at radius 2 is 2.05 bits per heavy atom. The van der Waals surface area contributed by atoms with E-state index in [1.54, 1.807) is 6.07 Å². The molecule has 0 amide bonds. The zero-order valence-corrected chi connectivity index (χ0v) is 11.3. The van der Waals surface area contributed by atoms with Crippen molar-refractivity contribution in [1.29, 1.82) is 0 Å².